The lowest BCUT2D eigenvalue weighted by molar-refractivity contribution is -0.683. The quantitative estimate of drug-likeness (QED) is 0.121. The number of rotatable bonds is 18. The Morgan fingerprint density at radius 3 is 2.10 bits per heavy atom. The first-order chi connectivity index (χ1) is 19.8. The molecule has 0 radical (unpaired) electrons. The van der Waals surface area contributed by atoms with Crippen LogP contribution in [-0.4, -0.2) is 12.5 Å². The number of hydrogen-bond acceptors (Lipinski definition) is 3. The third-order valence-corrected chi connectivity index (χ3v) is 8.51. The molecule has 0 saturated carbocycles. The van der Waals surface area contributed by atoms with E-state index in [9.17, 15) is 4.79 Å². The molecule has 0 aliphatic rings. The number of amides is 1. The van der Waals surface area contributed by atoms with Gasteiger partial charge in [0, 0.05) is 16.7 Å². The van der Waals surface area contributed by atoms with Crippen molar-refractivity contribution in [2.24, 2.45) is 0 Å². The van der Waals surface area contributed by atoms with E-state index in [4.69, 9.17) is 4.74 Å². The van der Waals surface area contributed by atoms with Crippen LogP contribution in [-0.2, 0) is 12.0 Å². The number of para-hydroxylation sites is 1. The minimum atomic E-state index is -0.102. The molecule has 41 heavy (non-hydrogen) atoms. The maximum atomic E-state index is 13.6. The number of unbranched alkanes of at least 4 members (excludes halogenated alkanes) is 11. The molecule has 224 valence electrons. The van der Waals surface area contributed by atoms with E-state index < -0.39 is 0 Å². The maximum Gasteiger partial charge on any atom is 0.256 e. The van der Waals surface area contributed by atoms with E-state index in [-0.39, 0.29) is 11.3 Å². The molecule has 1 N–H and O–H groups in total. The van der Waals surface area contributed by atoms with Gasteiger partial charge in [0.15, 0.2) is 12.7 Å². The molecule has 3 rings (SSSR count). The zero-order valence-electron chi connectivity index (χ0n) is 26.3. The highest BCUT2D eigenvalue weighted by atomic mass is 32.1. The van der Waals surface area contributed by atoms with Crippen LogP contribution in [0.3, 0.4) is 0 Å². The van der Waals surface area contributed by atoms with Gasteiger partial charge < -0.3 is 10.1 Å². The second-order valence-electron chi connectivity index (χ2n) is 12.4. The summed E-state index contributed by atoms with van der Waals surface area (Å²) in [5.41, 5.74) is 5.55. The van der Waals surface area contributed by atoms with Crippen LogP contribution in [0.5, 0.6) is 5.75 Å². The fourth-order valence-corrected chi connectivity index (χ4v) is 5.93. The molecule has 0 aliphatic heterocycles. The van der Waals surface area contributed by atoms with Crippen molar-refractivity contribution in [1.82, 2.24) is 0 Å². The molecule has 4 nitrogen and oxygen atoms in total. The molecule has 1 heterocycles. The summed E-state index contributed by atoms with van der Waals surface area (Å²) in [6.45, 7) is 12.3. The molecular formula is C36H53N2O2S+. The lowest BCUT2D eigenvalue weighted by atomic mass is 9.86. The van der Waals surface area contributed by atoms with Crippen LogP contribution in [0.4, 0.5) is 5.69 Å². The van der Waals surface area contributed by atoms with Gasteiger partial charge in [0.05, 0.1) is 17.2 Å². The van der Waals surface area contributed by atoms with Crippen molar-refractivity contribution >= 4 is 22.9 Å². The highest BCUT2D eigenvalue weighted by Gasteiger charge is 2.23. The van der Waals surface area contributed by atoms with Crippen molar-refractivity contribution in [3.63, 3.8) is 0 Å². The average molecular weight is 578 g/mol. The Kier molecular flexibility index (Phi) is 13.9. The van der Waals surface area contributed by atoms with Gasteiger partial charge in [-0.25, -0.2) is 0 Å². The molecular weight excluding hydrogens is 524 g/mol. The van der Waals surface area contributed by atoms with Gasteiger partial charge in [0.25, 0.3) is 5.91 Å². The summed E-state index contributed by atoms with van der Waals surface area (Å²) in [6.07, 6.45) is 18.0. The van der Waals surface area contributed by atoms with E-state index in [2.05, 4.69) is 62.3 Å². The van der Waals surface area contributed by atoms with Crippen molar-refractivity contribution in [1.29, 1.82) is 0 Å². The van der Waals surface area contributed by atoms with Crippen LogP contribution in [0.1, 0.15) is 131 Å². The molecule has 0 aliphatic carbocycles. The minimum absolute atomic E-state index is 0.0992. The normalized spacial score (nSPS) is 11.5. The number of carbonyl (C=O) groups is 1. The van der Waals surface area contributed by atoms with Crippen molar-refractivity contribution in [3.8, 4) is 5.75 Å². The van der Waals surface area contributed by atoms with Crippen LogP contribution < -0.4 is 14.6 Å². The number of nitrogens with one attached hydrogen (secondary N) is 1. The Morgan fingerprint density at radius 1 is 0.854 bits per heavy atom. The van der Waals surface area contributed by atoms with E-state index in [1.807, 2.05) is 36.4 Å². The van der Waals surface area contributed by atoms with Gasteiger partial charge in [-0.15, -0.1) is 0 Å². The predicted molar refractivity (Wildman–Crippen MR) is 174 cm³/mol. The third-order valence-electron chi connectivity index (χ3n) is 7.65. The zero-order chi connectivity index (χ0) is 29.5. The summed E-state index contributed by atoms with van der Waals surface area (Å²) >= 11 is 1.71. The fourth-order valence-electron chi connectivity index (χ4n) is 5.29. The number of aromatic nitrogens is 1. The average Bonchev–Trinajstić information content (AvgIpc) is 3.35. The van der Waals surface area contributed by atoms with Gasteiger partial charge in [-0.2, -0.15) is 4.57 Å². The molecule has 0 fully saturated rings. The largest absolute Gasteiger partial charge is 0.491 e. The van der Waals surface area contributed by atoms with Gasteiger partial charge in [0.1, 0.15) is 5.75 Å². The summed E-state index contributed by atoms with van der Waals surface area (Å²) in [6, 6.07) is 14.0. The van der Waals surface area contributed by atoms with Gasteiger partial charge in [0.2, 0.25) is 5.51 Å². The molecule has 0 saturated heterocycles. The number of benzene rings is 2. The monoisotopic (exact) mass is 577 g/mol. The molecule has 0 atom stereocenters. The first-order valence-corrected chi connectivity index (χ1v) is 16.8. The second-order valence-corrected chi connectivity index (χ2v) is 13.5. The van der Waals surface area contributed by atoms with Crippen LogP contribution in [0.25, 0.3) is 0 Å². The maximum absolute atomic E-state index is 13.6. The van der Waals surface area contributed by atoms with E-state index in [0.717, 1.165) is 29.0 Å². The minimum Gasteiger partial charge on any atom is -0.491 e. The Balaban J connectivity index is 1.55. The number of carbonyl (C=O) groups excluding carboxylic acids is 1. The Bertz CT molecular complexity index is 1190. The van der Waals surface area contributed by atoms with Gasteiger partial charge in [-0.05, 0) is 30.9 Å². The van der Waals surface area contributed by atoms with E-state index in [1.165, 1.54) is 75.5 Å². The number of hydrogen-bond donors (Lipinski definition) is 1. The summed E-state index contributed by atoms with van der Waals surface area (Å²) in [5.74, 6) is 0.700. The molecule has 0 bridgehead atoms. The number of anilines is 1. The molecule has 1 amide bonds. The van der Waals surface area contributed by atoms with E-state index in [1.54, 1.807) is 11.3 Å². The second kappa shape index (κ2) is 17.3. The van der Waals surface area contributed by atoms with Crippen molar-refractivity contribution < 1.29 is 14.1 Å². The van der Waals surface area contributed by atoms with Crippen molar-refractivity contribution in [3.05, 3.63) is 75.7 Å². The lowest BCUT2D eigenvalue weighted by Gasteiger charge is -2.25. The molecule has 0 spiro atoms. The molecule has 1 aromatic heterocycles. The van der Waals surface area contributed by atoms with Gasteiger partial charge >= 0.3 is 0 Å². The number of nitrogens with zero attached hydrogens (tertiary/aromatic N) is 1. The van der Waals surface area contributed by atoms with Crippen molar-refractivity contribution in [2.45, 2.75) is 124 Å². The summed E-state index contributed by atoms with van der Waals surface area (Å²) in [7, 11) is 0. The SMILES string of the molecule is CCCCCCCCCCCCCCOc1c(NC(=O)c2ccccc2C[n+]2csc(C)c2)cccc1C(C)(C)C. The Morgan fingerprint density at radius 2 is 1.49 bits per heavy atom. The van der Waals surface area contributed by atoms with Crippen LogP contribution in [0.2, 0.25) is 0 Å². The topological polar surface area (TPSA) is 42.2 Å². The molecule has 2 aromatic carbocycles. The standard InChI is InChI=1S/C36H52N2O2S/c1-6-7-8-9-10-11-12-13-14-15-16-19-25-40-34-32(36(3,4)5)23-20-24-33(34)37-35(39)31-22-18-17-21-30(31)27-38-26-29(2)41-28-38/h17-18,20-24,26,28H,6-16,19,25,27H2,1-5H3/p+1. The number of aryl methyl sites for hydroxylation is 1. The molecule has 3 aromatic rings. The summed E-state index contributed by atoms with van der Waals surface area (Å²) in [4.78, 5) is 14.8. The zero-order valence-corrected chi connectivity index (χ0v) is 27.1. The Hall–Kier alpha value is -2.66. The highest BCUT2D eigenvalue weighted by Crippen LogP contribution is 2.37. The lowest BCUT2D eigenvalue weighted by Crippen LogP contribution is -2.32. The van der Waals surface area contributed by atoms with Gasteiger partial charge in [-0.3, -0.25) is 4.79 Å². The third kappa shape index (κ3) is 11.3. The smallest absolute Gasteiger partial charge is 0.256 e. The van der Waals surface area contributed by atoms with Crippen molar-refractivity contribution in [2.75, 3.05) is 11.9 Å². The Labute approximate surface area is 253 Å². The molecule has 0 unspecified atom stereocenters. The summed E-state index contributed by atoms with van der Waals surface area (Å²) < 4.78 is 8.57. The van der Waals surface area contributed by atoms with Crippen LogP contribution >= 0.6 is 11.3 Å². The predicted octanol–water partition coefficient (Wildman–Crippen LogP) is 10.0. The van der Waals surface area contributed by atoms with Crippen LogP contribution in [0, 0.1) is 6.92 Å². The van der Waals surface area contributed by atoms with Gasteiger partial charge in [-0.1, -0.05) is 140 Å². The van der Waals surface area contributed by atoms with E-state index >= 15 is 0 Å². The van der Waals surface area contributed by atoms with E-state index in [0.29, 0.717) is 18.7 Å². The molecule has 5 heteroatoms. The highest BCUT2D eigenvalue weighted by molar-refractivity contribution is 7.09. The fraction of sp³-hybridized carbons (Fsp3) is 0.556. The first-order valence-electron chi connectivity index (χ1n) is 15.9. The number of ether oxygens (including phenoxy) is 1. The summed E-state index contributed by atoms with van der Waals surface area (Å²) in [5, 5.41) is 3.20. The first kappa shape index (κ1) is 32.8. The van der Waals surface area contributed by atoms with Crippen LogP contribution in [0.15, 0.2) is 54.2 Å². The number of thiazole rings is 1.